The van der Waals surface area contributed by atoms with Gasteiger partial charge in [0.05, 0.1) is 0 Å². The summed E-state index contributed by atoms with van der Waals surface area (Å²) >= 11 is 4.84. The van der Waals surface area contributed by atoms with Crippen LogP contribution < -0.4 is 9.47 Å². The molecular formula is C10H6F4O2S. The van der Waals surface area contributed by atoms with Crippen molar-refractivity contribution >= 4 is 17.1 Å². The van der Waals surface area contributed by atoms with Gasteiger partial charge in [0.2, 0.25) is 0 Å². The van der Waals surface area contributed by atoms with Gasteiger partial charge in [-0.1, -0.05) is 12.2 Å². The number of fused-ring (bicyclic) bond motifs is 1. The number of alkyl halides is 4. The zero-order valence-electron chi connectivity index (χ0n) is 8.47. The van der Waals surface area contributed by atoms with Crippen LogP contribution in [0.25, 0.3) is 0 Å². The molecule has 0 spiro atoms. The highest BCUT2D eigenvalue weighted by Gasteiger charge is 2.65. The summed E-state index contributed by atoms with van der Waals surface area (Å²) in [6, 6.07) is 3.65. The molecule has 1 aliphatic heterocycles. The first-order valence-electron chi connectivity index (χ1n) is 4.51. The first-order chi connectivity index (χ1) is 7.73. The zero-order valence-corrected chi connectivity index (χ0v) is 9.29. The summed E-state index contributed by atoms with van der Waals surface area (Å²) in [5.74, 6) is -0.899. The maximum absolute atomic E-state index is 12.9. The van der Waals surface area contributed by atoms with Gasteiger partial charge in [0.1, 0.15) is 0 Å². The van der Waals surface area contributed by atoms with Crippen LogP contribution in [0, 0.1) is 0 Å². The normalized spacial score (nSPS) is 19.8. The Hall–Kier alpha value is -1.37. The van der Waals surface area contributed by atoms with Crippen LogP contribution in [-0.4, -0.2) is 17.1 Å². The topological polar surface area (TPSA) is 18.5 Å². The molecule has 17 heavy (non-hydrogen) atoms. The molecule has 0 fully saturated rings. The van der Waals surface area contributed by atoms with Crippen LogP contribution in [0.15, 0.2) is 18.2 Å². The van der Waals surface area contributed by atoms with E-state index >= 15 is 0 Å². The van der Waals surface area contributed by atoms with Crippen molar-refractivity contribution in [2.45, 2.75) is 19.1 Å². The molecule has 2 nitrogen and oxygen atoms in total. The molecular weight excluding hydrogens is 260 g/mol. The number of hydrogen-bond donors (Lipinski definition) is 0. The first kappa shape index (κ1) is 12.1. The Labute approximate surface area is 99.1 Å². The first-order valence-corrected chi connectivity index (χ1v) is 4.92. The molecule has 0 aromatic heterocycles. The van der Waals surface area contributed by atoms with Crippen molar-refractivity contribution < 1.29 is 27.0 Å². The van der Waals surface area contributed by atoms with Crippen LogP contribution in [0.4, 0.5) is 17.6 Å². The summed E-state index contributed by atoms with van der Waals surface area (Å²) < 4.78 is 59.2. The van der Waals surface area contributed by atoms with Gasteiger partial charge in [-0.3, -0.25) is 0 Å². The molecule has 1 heterocycles. The minimum Gasteiger partial charge on any atom is -0.421 e. The highest BCUT2D eigenvalue weighted by Crippen LogP contribution is 2.46. The van der Waals surface area contributed by atoms with Crippen LogP contribution in [0.2, 0.25) is 0 Å². The third-order valence-corrected chi connectivity index (χ3v) is 2.40. The van der Waals surface area contributed by atoms with Gasteiger partial charge in [0.25, 0.3) is 0 Å². The predicted octanol–water partition coefficient (Wildman–Crippen LogP) is 3.38. The number of hydrogen-bond acceptors (Lipinski definition) is 3. The van der Waals surface area contributed by atoms with E-state index in [1.165, 1.54) is 6.07 Å². The van der Waals surface area contributed by atoms with E-state index in [0.29, 0.717) is 10.4 Å². The molecule has 1 aromatic carbocycles. The van der Waals surface area contributed by atoms with Crippen LogP contribution in [0.3, 0.4) is 0 Å². The van der Waals surface area contributed by atoms with Gasteiger partial charge in [-0.05, 0) is 30.7 Å². The minimum atomic E-state index is -4.70. The van der Waals surface area contributed by atoms with Crippen LogP contribution >= 0.6 is 12.2 Å². The van der Waals surface area contributed by atoms with Crippen molar-refractivity contribution in [3.8, 4) is 11.5 Å². The monoisotopic (exact) mass is 266 g/mol. The van der Waals surface area contributed by atoms with Gasteiger partial charge < -0.3 is 9.47 Å². The van der Waals surface area contributed by atoms with Gasteiger partial charge >= 0.3 is 12.2 Å². The van der Waals surface area contributed by atoms with E-state index in [-0.39, 0.29) is 0 Å². The summed E-state index contributed by atoms with van der Waals surface area (Å²) in [4.78, 5) is 0.428. The van der Waals surface area contributed by atoms with E-state index in [1.807, 2.05) is 0 Å². The molecule has 1 aliphatic rings. The van der Waals surface area contributed by atoms with Gasteiger partial charge in [0.15, 0.2) is 11.5 Å². The summed E-state index contributed by atoms with van der Waals surface area (Å²) in [7, 11) is 0. The second-order valence-corrected chi connectivity index (χ2v) is 4.07. The third kappa shape index (κ3) is 1.95. The van der Waals surface area contributed by atoms with E-state index in [1.54, 1.807) is 6.92 Å². The molecule has 0 saturated carbocycles. The second-order valence-electron chi connectivity index (χ2n) is 3.46. The lowest BCUT2D eigenvalue weighted by Gasteiger charge is -2.31. The Kier molecular flexibility index (Phi) is 2.53. The molecule has 1 aromatic rings. The molecule has 0 saturated heterocycles. The number of halogens is 4. The van der Waals surface area contributed by atoms with Crippen LogP contribution in [0.1, 0.15) is 12.5 Å². The summed E-state index contributed by atoms with van der Waals surface area (Å²) in [6.45, 7) is 1.58. The fraction of sp³-hybridized carbons (Fsp3) is 0.300. The SMILES string of the molecule is CC(=S)c1ccc2c(c1)OC(F)(F)C(F)(F)O2. The van der Waals surface area contributed by atoms with Crippen molar-refractivity contribution in [3.05, 3.63) is 23.8 Å². The molecule has 0 aliphatic carbocycles. The molecule has 0 unspecified atom stereocenters. The molecule has 0 atom stereocenters. The lowest BCUT2D eigenvalue weighted by atomic mass is 10.1. The summed E-state index contributed by atoms with van der Waals surface area (Å²) in [6.07, 6.45) is -9.39. The van der Waals surface area contributed by atoms with E-state index in [4.69, 9.17) is 12.2 Å². The van der Waals surface area contributed by atoms with Crippen LogP contribution in [-0.2, 0) is 0 Å². The van der Waals surface area contributed by atoms with Crippen molar-refractivity contribution in [2.24, 2.45) is 0 Å². The third-order valence-electron chi connectivity index (χ3n) is 2.17. The molecule has 0 radical (unpaired) electrons. The smallest absolute Gasteiger partial charge is 0.421 e. The van der Waals surface area contributed by atoms with Crippen molar-refractivity contribution in [2.75, 3.05) is 0 Å². The average molecular weight is 266 g/mol. The lowest BCUT2D eigenvalue weighted by molar-refractivity contribution is -0.391. The Bertz CT molecular complexity index is 487. The maximum atomic E-state index is 12.9. The highest BCUT2D eigenvalue weighted by molar-refractivity contribution is 7.80. The largest absolute Gasteiger partial charge is 0.507 e. The van der Waals surface area contributed by atoms with Crippen LogP contribution in [0.5, 0.6) is 11.5 Å². The molecule has 0 N–H and O–H groups in total. The minimum absolute atomic E-state index is 0.428. The fourth-order valence-electron chi connectivity index (χ4n) is 1.29. The number of benzene rings is 1. The molecule has 0 amide bonds. The fourth-order valence-corrected chi connectivity index (χ4v) is 1.41. The van der Waals surface area contributed by atoms with Gasteiger partial charge in [0, 0.05) is 4.86 Å². The second kappa shape index (κ2) is 3.56. The summed E-state index contributed by atoms with van der Waals surface area (Å²) in [5.41, 5.74) is 0.434. The maximum Gasteiger partial charge on any atom is 0.507 e. The van der Waals surface area contributed by atoms with E-state index in [2.05, 4.69) is 9.47 Å². The van der Waals surface area contributed by atoms with Crippen molar-refractivity contribution in [1.29, 1.82) is 0 Å². The Morgan fingerprint density at radius 2 is 1.59 bits per heavy atom. The Balaban J connectivity index is 2.47. The van der Waals surface area contributed by atoms with E-state index in [9.17, 15) is 17.6 Å². The van der Waals surface area contributed by atoms with Crippen molar-refractivity contribution in [3.63, 3.8) is 0 Å². The standard InChI is InChI=1S/C10H6F4O2S/c1-5(17)6-2-3-7-8(4-6)16-10(13,14)9(11,12)15-7/h2-4H,1H3. The quantitative estimate of drug-likeness (QED) is 0.441. The summed E-state index contributed by atoms with van der Waals surface area (Å²) in [5, 5.41) is 0. The highest BCUT2D eigenvalue weighted by atomic mass is 32.1. The van der Waals surface area contributed by atoms with E-state index < -0.39 is 23.7 Å². The van der Waals surface area contributed by atoms with Gasteiger partial charge in [-0.15, -0.1) is 0 Å². The lowest BCUT2D eigenvalue weighted by Crippen LogP contribution is -2.52. The average Bonchev–Trinajstić information content (AvgIpc) is 2.17. The number of ether oxygens (including phenoxy) is 2. The number of thiocarbonyl (C=S) groups is 1. The van der Waals surface area contributed by atoms with E-state index in [0.717, 1.165) is 12.1 Å². The molecule has 92 valence electrons. The molecule has 0 bridgehead atoms. The molecule has 7 heteroatoms. The zero-order chi connectivity index (χ0) is 12.8. The molecule has 2 rings (SSSR count). The number of rotatable bonds is 1. The van der Waals surface area contributed by atoms with Gasteiger partial charge in [-0.2, -0.15) is 17.6 Å². The van der Waals surface area contributed by atoms with Crippen molar-refractivity contribution in [1.82, 2.24) is 0 Å². The Morgan fingerprint density at radius 3 is 2.12 bits per heavy atom. The Morgan fingerprint density at radius 1 is 1.06 bits per heavy atom. The van der Waals surface area contributed by atoms with Gasteiger partial charge in [-0.25, -0.2) is 0 Å². The predicted molar refractivity (Wildman–Crippen MR) is 55.0 cm³/mol.